The summed E-state index contributed by atoms with van der Waals surface area (Å²) in [6.07, 6.45) is 0.991. The molecule has 1 unspecified atom stereocenters. The smallest absolute Gasteiger partial charge is 0.295 e. The number of hydrogen-bond acceptors (Lipinski definition) is 3. The van der Waals surface area contributed by atoms with Crippen molar-refractivity contribution in [3.63, 3.8) is 0 Å². The third kappa shape index (κ3) is 3.73. The van der Waals surface area contributed by atoms with Gasteiger partial charge in [0.05, 0.1) is 4.92 Å². The van der Waals surface area contributed by atoms with Crippen LogP contribution >= 0.6 is 0 Å². The fraction of sp³-hybridized carbons (Fsp3) is 0.538. The van der Waals surface area contributed by atoms with Crippen LogP contribution in [0.3, 0.4) is 0 Å². The topological polar surface area (TPSA) is 55.2 Å². The van der Waals surface area contributed by atoms with E-state index in [9.17, 15) is 10.1 Å². The number of nitrogens with one attached hydrogen (secondary N) is 1. The first-order valence-electron chi connectivity index (χ1n) is 5.92. The molecule has 0 fully saturated rings. The van der Waals surface area contributed by atoms with Gasteiger partial charge in [0.25, 0.3) is 5.69 Å². The van der Waals surface area contributed by atoms with Crippen LogP contribution in [0, 0.1) is 23.0 Å². The summed E-state index contributed by atoms with van der Waals surface area (Å²) in [6, 6.07) is 5.60. The van der Waals surface area contributed by atoms with Crippen LogP contribution in [0.15, 0.2) is 18.2 Å². The van der Waals surface area contributed by atoms with E-state index < -0.39 is 0 Å². The zero-order valence-electron chi connectivity index (χ0n) is 10.9. The van der Waals surface area contributed by atoms with E-state index in [-0.39, 0.29) is 16.7 Å². The van der Waals surface area contributed by atoms with Gasteiger partial charge in [-0.2, -0.15) is 0 Å². The van der Waals surface area contributed by atoms with Crippen molar-refractivity contribution in [1.82, 2.24) is 0 Å². The molecule has 4 nitrogen and oxygen atoms in total. The quantitative estimate of drug-likeness (QED) is 0.625. The summed E-state index contributed by atoms with van der Waals surface area (Å²) in [5.41, 5.74) is 1.49. The number of nitro groups is 1. The number of nitro benzene ring substituents is 1. The van der Waals surface area contributed by atoms with E-state index >= 15 is 0 Å². The van der Waals surface area contributed by atoms with E-state index in [2.05, 4.69) is 19.2 Å². The molecule has 0 aliphatic heterocycles. The molecule has 0 aliphatic rings. The molecule has 94 valence electrons. The Bertz CT molecular complexity index is 402. The molecule has 1 aromatic carbocycles. The van der Waals surface area contributed by atoms with Gasteiger partial charge in [0, 0.05) is 11.6 Å². The fourth-order valence-corrected chi connectivity index (χ4v) is 2.05. The van der Waals surface area contributed by atoms with E-state index in [0.717, 1.165) is 6.42 Å². The number of hydrogen-bond donors (Lipinski definition) is 1. The summed E-state index contributed by atoms with van der Waals surface area (Å²) >= 11 is 0. The van der Waals surface area contributed by atoms with Gasteiger partial charge in [-0.1, -0.05) is 26.0 Å². The third-order valence-corrected chi connectivity index (χ3v) is 2.65. The van der Waals surface area contributed by atoms with Crippen molar-refractivity contribution < 1.29 is 4.92 Å². The molecule has 0 amide bonds. The van der Waals surface area contributed by atoms with Crippen LogP contribution in [0.1, 0.15) is 32.8 Å². The van der Waals surface area contributed by atoms with Crippen LogP contribution in [-0.2, 0) is 0 Å². The molecule has 0 bridgehead atoms. The van der Waals surface area contributed by atoms with Crippen molar-refractivity contribution in [2.45, 2.75) is 40.2 Å². The Hall–Kier alpha value is -1.58. The lowest BCUT2D eigenvalue weighted by molar-refractivity contribution is -0.384. The second kappa shape index (κ2) is 5.66. The van der Waals surface area contributed by atoms with Crippen molar-refractivity contribution in [2.24, 2.45) is 5.92 Å². The van der Waals surface area contributed by atoms with Crippen molar-refractivity contribution in [2.75, 3.05) is 5.32 Å². The first kappa shape index (κ1) is 13.5. The van der Waals surface area contributed by atoms with Gasteiger partial charge in [-0.15, -0.1) is 0 Å². The highest BCUT2D eigenvalue weighted by Gasteiger charge is 2.18. The van der Waals surface area contributed by atoms with Gasteiger partial charge in [-0.25, -0.2) is 0 Å². The highest BCUT2D eigenvalue weighted by atomic mass is 16.6. The molecule has 0 saturated heterocycles. The molecule has 0 spiro atoms. The van der Waals surface area contributed by atoms with Crippen molar-refractivity contribution >= 4 is 11.4 Å². The largest absolute Gasteiger partial charge is 0.377 e. The maximum Gasteiger partial charge on any atom is 0.295 e. The highest BCUT2D eigenvalue weighted by Crippen LogP contribution is 2.28. The molecule has 0 aliphatic carbocycles. The van der Waals surface area contributed by atoms with Crippen LogP contribution in [0.4, 0.5) is 11.4 Å². The Labute approximate surface area is 102 Å². The van der Waals surface area contributed by atoms with E-state index in [1.54, 1.807) is 19.1 Å². The zero-order chi connectivity index (χ0) is 13.0. The average Bonchev–Trinajstić information content (AvgIpc) is 2.15. The molecular weight excluding hydrogens is 216 g/mol. The number of rotatable bonds is 5. The number of para-hydroxylation sites is 1. The minimum atomic E-state index is -0.320. The SMILES string of the molecule is Cc1cccc(NC(C)CC(C)C)c1[N+](=O)[O-]. The van der Waals surface area contributed by atoms with Gasteiger partial charge < -0.3 is 5.32 Å². The molecule has 1 atom stereocenters. The minimum Gasteiger partial charge on any atom is -0.377 e. The van der Waals surface area contributed by atoms with E-state index in [4.69, 9.17) is 0 Å². The second-order valence-corrected chi connectivity index (χ2v) is 4.90. The molecular formula is C13H20N2O2. The van der Waals surface area contributed by atoms with Crippen LogP contribution in [0.2, 0.25) is 0 Å². The molecule has 0 radical (unpaired) electrons. The predicted octanol–water partition coefficient (Wildman–Crippen LogP) is 3.75. The Morgan fingerprint density at radius 3 is 2.53 bits per heavy atom. The molecule has 4 heteroatoms. The number of nitrogens with zero attached hydrogens (tertiary/aromatic N) is 1. The van der Waals surface area contributed by atoms with Gasteiger partial charge in [0.2, 0.25) is 0 Å². The van der Waals surface area contributed by atoms with Crippen molar-refractivity contribution in [1.29, 1.82) is 0 Å². The first-order valence-corrected chi connectivity index (χ1v) is 5.92. The monoisotopic (exact) mass is 236 g/mol. The highest BCUT2D eigenvalue weighted by molar-refractivity contribution is 5.65. The standard InChI is InChI=1S/C13H20N2O2/c1-9(2)8-11(4)14-12-7-5-6-10(3)13(12)15(16)17/h5-7,9,11,14H,8H2,1-4H3. The summed E-state index contributed by atoms with van der Waals surface area (Å²) in [6.45, 7) is 8.09. The summed E-state index contributed by atoms with van der Waals surface area (Å²) < 4.78 is 0. The van der Waals surface area contributed by atoms with Crippen LogP contribution in [0.25, 0.3) is 0 Å². The zero-order valence-corrected chi connectivity index (χ0v) is 10.9. The van der Waals surface area contributed by atoms with Gasteiger partial charge in [0.1, 0.15) is 5.69 Å². The molecule has 1 rings (SSSR count). The lowest BCUT2D eigenvalue weighted by atomic mass is 10.0. The molecule has 0 heterocycles. The summed E-state index contributed by atoms with van der Waals surface area (Å²) in [7, 11) is 0. The first-order chi connectivity index (χ1) is 7.91. The fourth-order valence-electron chi connectivity index (χ4n) is 2.05. The molecule has 0 aromatic heterocycles. The van der Waals surface area contributed by atoms with Crippen molar-refractivity contribution in [3.05, 3.63) is 33.9 Å². The van der Waals surface area contributed by atoms with Crippen LogP contribution in [0.5, 0.6) is 0 Å². The Morgan fingerprint density at radius 1 is 1.35 bits per heavy atom. The van der Waals surface area contributed by atoms with Crippen LogP contribution < -0.4 is 5.32 Å². The molecule has 1 aromatic rings. The minimum absolute atomic E-state index is 0.183. The lowest BCUT2D eigenvalue weighted by Gasteiger charge is -2.17. The number of aryl methyl sites for hydroxylation is 1. The van der Waals surface area contributed by atoms with Gasteiger partial charge in [0.15, 0.2) is 0 Å². The Morgan fingerprint density at radius 2 is 2.00 bits per heavy atom. The number of anilines is 1. The number of benzene rings is 1. The predicted molar refractivity (Wildman–Crippen MR) is 70.4 cm³/mol. The summed E-state index contributed by atoms with van der Waals surface area (Å²) in [5, 5.41) is 14.2. The molecule has 17 heavy (non-hydrogen) atoms. The molecule has 0 saturated carbocycles. The lowest BCUT2D eigenvalue weighted by Crippen LogP contribution is -2.18. The second-order valence-electron chi connectivity index (χ2n) is 4.90. The Balaban J connectivity index is 2.91. The van der Waals surface area contributed by atoms with Crippen molar-refractivity contribution in [3.8, 4) is 0 Å². The third-order valence-electron chi connectivity index (χ3n) is 2.65. The average molecular weight is 236 g/mol. The van der Waals surface area contributed by atoms with Gasteiger partial charge in [-0.3, -0.25) is 10.1 Å². The van der Waals surface area contributed by atoms with Gasteiger partial charge >= 0.3 is 0 Å². The van der Waals surface area contributed by atoms with E-state index in [0.29, 0.717) is 17.2 Å². The maximum atomic E-state index is 11.0. The van der Waals surface area contributed by atoms with Gasteiger partial charge in [-0.05, 0) is 32.3 Å². The maximum absolute atomic E-state index is 11.0. The summed E-state index contributed by atoms with van der Waals surface area (Å²) in [5.74, 6) is 0.571. The molecule has 1 N–H and O–H groups in total. The van der Waals surface area contributed by atoms with E-state index in [1.165, 1.54) is 0 Å². The van der Waals surface area contributed by atoms with Crippen LogP contribution in [-0.4, -0.2) is 11.0 Å². The normalized spacial score (nSPS) is 12.5. The Kier molecular flexibility index (Phi) is 4.49. The summed E-state index contributed by atoms with van der Waals surface area (Å²) in [4.78, 5) is 10.7. The van der Waals surface area contributed by atoms with E-state index in [1.807, 2.05) is 13.0 Å².